The summed E-state index contributed by atoms with van der Waals surface area (Å²) in [7, 11) is 0. The number of carbonyl (C=O) groups excluding carboxylic acids is 1. The van der Waals surface area contributed by atoms with E-state index in [0.717, 1.165) is 29.2 Å². The van der Waals surface area contributed by atoms with Crippen LogP contribution in [0.1, 0.15) is 36.1 Å². The van der Waals surface area contributed by atoms with E-state index >= 15 is 0 Å². The summed E-state index contributed by atoms with van der Waals surface area (Å²) in [4.78, 5) is 20.8. The fourth-order valence-corrected chi connectivity index (χ4v) is 4.20. The average molecular weight is 489 g/mol. The summed E-state index contributed by atoms with van der Waals surface area (Å²) in [5.74, 6) is -1.87. The van der Waals surface area contributed by atoms with Gasteiger partial charge in [0.15, 0.2) is 17.4 Å². The highest BCUT2D eigenvalue weighted by atomic mass is 19.1. The first kappa shape index (κ1) is 23.4. The quantitative estimate of drug-likeness (QED) is 0.230. The molecule has 1 unspecified atom stereocenters. The first-order valence-electron chi connectivity index (χ1n) is 11.4. The van der Waals surface area contributed by atoms with Gasteiger partial charge in [0.25, 0.3) is 0 Å². The lowest BCUT2D eigenvalue weighted by Crippen LogP contribution is -1.98. The minimum atomic E-state index is -0.719. The molecule has 1 atom stereocenters. The Morgan fingerprint density at radius 3 is 2.75 bits per heavy atom. The number of carbonyl (C=O) groups is 1. The van der Waals surface area contributed by atoms with Gasteiger partial charge in [0.1, 0.15) is 23.7 Å². The third-order valence-electron chi connectivity index (χ3n) is 6.18. The summed E-state index contributed by atoms with van der Waals surface area (Å²) in [6.45, 7) is 2.00. The van der Waals surface area contributed by atoms with Crippen molar-refractivity contribution in [2.75, 3.05) is 0 Å². The van der Waals surface area contributed by atoms with Crippen LogP contribution in [0.15, 0.2) is 67.0 Å². The molecule has 0 saturated carbocycles. The molecule has 0 saturated heterocycles. The summed E-state index contributed by atoms with van der Waals surface area (Å²) in [6, 6.07) is 14.2. The molecule has 3 aromatic carbocycles. The van der Waals surface area contributed by atoms with Gasteiger partial charge in [-0.05, 0) is 41.8 Å². The maximum absolute atomic E-state index is 14.8. The second-order valence-corrected chi connectivity index (χ2v) is 8.54. The number of ether oxygens (including phenoxy) is 1. The van der Waals surface area contributed by atoms with Crippen molar-refractivity contribution in [3.05, 3.63) is 101 Å². The highest BCUT2D eigenvalue weighted by Gasteiger charge is 2.18. The normalized spacial score (nSPS) is 12.1. The predicted octanol–water partition coefficient (Wildman–Crippen LogP) is 7.05. The van der Waals surface area contributed by atoms with Crippen LogP contribution in [0.25, 0.3) is 22.3 Å². The molecule has 0 aliphatic carbocycles. The molecule has 0 amide bonds. The number of H-pyrrole nitrogens is 2. The highest BCUT2D eigenvalue weighted by Crippen LogP contribution is 2.34. The Kier molecular flexibility index (Phi) is 6.33. The lowest BCUT2D eigenvalue weighted by molar-refractivity contribution is -0.107. The van der Waals surface area contributed by atoms with Crippen molar-refractivity contribution in [2.45, 2.75) is 25.7 Å². The van der Waals surface area contributed by atoms with Gasteiger partial charge in [-0.3, -0.25) is 0 Å². The average Bonchev–Trinajstić information content (AvgIpc) is 3.58. The van der Waals surface area contributed by atoms with Crippen molar-refractivity contribution >= 4 is 17.2 Å². The lowest BCUT2D eigenvalue weighted by atomic mass is 9.95. The van der Waals surface area contributed by atoms with Crippen molar-refractivity contribution in [2.24, 2.45) is 0 Å². The molecule has 0 fully saturated rings. The highest BCUT2D eigenvalue weighted by molar-refractivity contribution is 5.82. The minimum Gasteiger partial charge on any atom is -0.454 e. The summed E-state index contributed by atoms with van der Waals surface area (Å²) in [5.41, 5.74) is 3.04. The topological polar surface area (TPSA) is 70.8 Å². The smallest absolute Gasteiger partial charge is 0.175 e. The Morgan fingerprint density at radius 1 is 1.06 bits per heavy atom. The molecule has 0 bridgehead atoms. The van der Waals surface area contributed by atoms with E-state index in [2.05, 4.69) is 15.0 Å². The third-order valence-corrected chi connectivity index (χ3v) is 6.18. The summed E-state index contributed by atoms with van der Waals surface area (Å²) < 4.78 is 49.4. The molecule has 0 aliphatic rings. The first-order valence-corrected chi connectivity index (χ1v) is 11.4. The number of aryl methyl sites for hydroxylation is 1. The molecule has 0 aliphatic heterocycles. The predicted molar refractivity (Wildman–Crippen MR) is 131 cm³/mol. The zero-order valence-corrected chi connectivity index (χ0v) is 19.3. The SMILES string of the molecule is CC(c1cccc(CCC=O)c1)c1cnc(-c2cc(Oc3cc(F)c4[nH]ccc4c3F)ccc2F)[nH]1. The molecule has 5 aromatic rings. The van der Waals surface area contributed by atoms with Crippen molar-refractivity contribution in [1.82, 2.24) is 15.0 Å². The van der Waals surface area contributed by atoms with E-state index < -0.39 is 17.5 Å². The van der Waals surface area contributed by atoms with Crippen LogP contribution in [0.4, 0.5) is 13.2 Å². The van der Waals surface area contributed by atoms with Gasteiger partial charge in [-0.15, -0.1) is 0 Å². The fraction of sp³-hybridized carbons (Fsp3) is 0.143. The van der Waals surface area contributed by atoms with Crippen LogP contribution < -0.4 is 4.74 Å². The second kappa shape index (κ2) is 9.73. The van der Waals surface area contributed by atoms with Gasteiger partial charge in [-0.1, -0.05) is 31.2 Å². The minimum absolute atomic E-state index is 0.0474. The molecule has 0 spiro atoms. The maximum Gasteiger partial charge on any atom is 0.175 e. The maximum atomic E-state index is 14.8. The van der Waals surface area contributed by atoms with Gasteiger partial charge in [-0.25, -0.2) is 18.2 Å². The Labute approximate surface area is 205 Å². The van der Waals surface area contributed by atoms with Crippen molar-refractivity contribution in [1.29, 1.82) is 0 Å². The van der Waals surface area contributed by atoms with Crippen molar-refractivity contribution in [3.63, 3.8) is 0 Å². The van der Waals surface area contributed by atoms with Crippen LogP contribution in [0.3, 0.4) is 0 Å². The number of nitrogens with zero attached hydrogens (tertiary/aromatic N) is 1. The third kappa shape index (κ3) is 4.49. The molecule has 2 N–H and O–H groups in total. The number of aldehydes is 1. The van der Waals surface area contributed by atoms with Crippen LogP contribution in [0, 0.1) is 17.5 Å². The first-order chi connectivity index (χ1) is 17.4. The molecule has 2 heterocycles. The van der Waals surface area contributed by atoms with Gasteiger partial charge < -0.3 is 19.5 Å². The molecule has 8 heteroatoms. The molecular weight excluding hydrogens is 467 g/mol. The molecule has 5 rings (SSSR count). The fourth-order valence-electron chi connectivity index (χ4n) is 4.20. The molecule has 182 valence electrons. The van der Waals surface area contributed by atoms with E-state index in [0.29, 0.717) is 12.8 Å². The number of fused-ring (bicyclic) bond motifs is 1. The lowest BCUT2D eigenvalue weighted by Gasteiger charge is -2.12. The molecular formula is C28H22F3N3O2. The second-order valence-electron chi connectivity index (χ2n) is 8.54. The van der Waals surface area contributed by atoms with E-state index in [1.54, 1.807) is 6.20 Å². The van der Waals surface area contributed by atoms with Gasteiger partial charge in [-0.2, -0.15) is 0 Å². The van der Waals surface area contributed by atoms with Crippen molar-refractivity contribution in [3.8, 4) is 22.9 Å². The number of aromatic amines is 2. The van der Waals surface area contributed by atoms with E-state index in [-0.39, 0.29) is 39.7 Å². The van der Waals surface area contributed by atoms with Gasteiger partial charge in [0, 0.05) is 41.9 Å². The number of imidazole rings is 1. The van der Waals surface area contributed by atoms with Crippen LogP contribution in [-0.2, 0) is 11.2 Å². The number of rotatable bonds is 8. The van der Waals surface area contributed by atoms with Crippen LogP contribution >= 0.6 is 0 Å². The Morgan fingerprint density at radius 2 is 1.92 bits per heavy atom. The van der Waals surface area contributed by atoms with E-state index in [4.69, 9.17) is 4.74 Å². The summed E-state index contributed by atoms with van der Waals surface area (Å²) in [6.07, 6.45) is 5.09. The zero-order valence-electron chi connectivity index (χ0n) is 19.3. The Balaban J connectivity index is 1.41. The monoisotopic (exact) mass is 489 g/mol. The standard InChI is InChI=1S/C28H22F3N3O2/c1-16(18-6-2-4-17(12-18)5-3-11-35)24-15-33-28(34-24)21-13-19(7-8-22(21)29)36-25-14-23(30)27-20(26(25)31)9-10-32-27/h2,4,6-16,32H,3,5H2,1H3,(H,33,34). The zero-order chi connectivity index (χ0) is 25.2. The largest absolute Gasteiger partial charge is 0.454 e. The van der Waals surface area contributed by atoms with Gasteiger partial charge in [0.2, 0.25) is 0 Å². The number of nitrogens with one attached hydrogen (secondary N) is 2. The number of benzene rings is 3. The number of hydrogen-bond donors (Lipinski definition) is 2. The number of hydrogen-bond acceptors (Lipinski definition) is 3. The Bertz CT molecular complexity index is 1560. The molecule has 36 heavy (non-hydrogen) atoms. The van der Waals surface area contributed by atoms with Crippen LogP contribution in [0.5, 0.6) is 11.5 Å². The van der Waals surface area contributed by atoms with Crippen LogP contribution in [0.2, 0.25) is 0 Å². The Hall–Kier alpha value is -4.33. The molecule has 0 radical (unpaired) electrons. The number of halogens is 3. The molecule has 5 nitrogen and oxygen atoms in total. The van der Waals surface area contributed by atoms with E-state index in [9.17, 15) is 18.0 Å². The summed E-state index contributed by atoms with van der Waals surface area (Å²) >= 11 is 0. The van der Waals surface area contributed by atoms with Gasteiger partial charge >= 0.3 is 0 Å². The van der Waals surface area contributed by atoms with Crippen molar-refractivity contribution < 1.29 is 22.7 Å². The number of aromatic nitrogens is 3. The van der Waals surface area contributed by atoms with Crippen LogP contribution in [-0.4, -0.2) is 21.2 Å². The summed E-state index contributed by atoms with van der Waals surface area (Å²) in [5, 5.41) is 0.0622. The van der Waals surface area contributed by atoms with E-state index in [1.165, 1.54) is 30.5 Å². The van der Waals surface area contributed by atoms with Gasteiger partial charge in [0.05, 0.1) is 11.1 Å². The van der Waals surface area contributed by atoms with E-state index in [1.807, 2.05) is 31.2 Å². The molecule has 2 aromatic heterocycles.